The smallest absolute Gasteiger partial charge is 0.0470 e. The van der Waals surface area contributed by atoms with Crippen molar-refractivity contribution in [3.8, 4) is 11.1 Å². The van der Waals surface area contributed by atoms with Gasteiger partial charge >= 0.3 is 0 Å². The first-order valence-electron chi connectivity index (χ1n) is 19.3. The molecule has 6 rings (SSSR count). The normalized spacial score (nSPS) is 19.5. The molecule has 4 aliphatic carbocycles. The van der Waals surface area contributed by atoms with E-state index in [1.54, 1.807) is 0 Å². The second-order valence-electron chi connectivity index (χ2n) is 13.4. The molecule has 2 aromatic rings. The molecular weight excluding hydrogens is 647 g/mol. The molecule has 0 aliphatic heterocycles. The molecule has 0 aromatic heterocycles. The zero-order chi connectivity index (χ0) is 37.5. The third-order valence-electron chi connectivity index (χ3n) is 9.51. The molecule has 4 aliphatic rings. The van der Waals surface area contributed by atoms with Gasteiger partial charge in [0.2, 0.25) is 0 Å². The highest BCUT2D eigenvalue weighted by Gasteiger charge is 2.19. The van der Waals surface area contributed by atoms with Gasteiger partial charge in [-0.25, -0.2) is 0 Å². The SMILES string of the molecule is C/C=C(\C=C/CC)CNN.CNC1C=CC=C(C2C=C(c3ccc(-c4ccccc4)c(NC4=CCCCC=C4)c3)C=CC2)C1.NCC1=CC=CCC=C1. The van der Waals surface area contributed by atoms with Gasteiger partial charge in [-0.05, 0) is 98.9 Å². The van der Waals surface area contributed by atoms with Crippen LogP contribution in [0.4, 0.5) is 5.69 Å². The summed E-state index contributed by atoms with van der Waals surface area (Å²) >= 11 is 0. The molecular formula is C48H61N5. The Bertz CT molecular complexity index is 1770. The lowest BCUT2D eigenvalue weighted by molar-refractivity contribution is 0.605. The lowest BCUT2D eigenvalue weighted by atomic mass is 9.82. The summed E-state index contributed by atoms with van der Waals surface area (Å²) in [5.74, 6) is 5.61. The van der Waals surface area contributed by atoms with Gasteiger partial charge in [0, 0.05) is 42.0 Å². The third-order valence-corrected chi connectivity index (χ3v) is 9.51. The molecule has 0 saturated carbocycles. The minimum Gasteiger partial charge on any atom is -0.355 e. The minimum atomic E-state index is 0.435. The fraction of sp³-hybridized carbons (Fsp3) is 0.292. The summed E-state index contributed by atoms with van der Waals surface area (Å²) in [5.41, 5.74) is 19.3. The second kappa shape index (κ2) is 23.7. The Morgan fingerprint density at radius 3 is 2.57 bits per heavy atom. The van der Waals surface area contributed by atoms with Crippen molar-refractivity contribution in [2.75, 3.05) is 25.5 Å². The average molecular weight is 708 g/mol. The van der Waals surface area contributed by atoms with E-state index in [0.29, 0.717) is 18.5 Å². The number of rotatable bonds is 11. The van der Waals surface area contributed by atoms with Gasteiger partial charge in [-0.15, -0.1) is 0 Å². The number of allylic oxidation sites excluding steroid dienone is 15. The second-order valence-corrected chi connectivity index (χ2v) is 13.4. The maximum absolute atomic E-state index is 5.42. The highest BCUT2D eigenvalue weighted by Crippen LogP contribution is 2.36. The van der Waals surface area contributed by atoms with Crippen LogP contribution in [0.5, 0.6) is 0 Å². The van der Waals surface area contributed by atoms with E-state index in [4.69, 9.17) is 11.6 Å². The van der Waals surface area contributed by atoms with Crippen LogP contribution >= 0.6 is 0 Å². The van der Waals surface area contributed by atoms with Gasteiger partial charge in [0.25, 0.3) is 0 Å². The Hall–Kier alpha value is -4.78. The molecule has 7 N–H and O–H groups in total. The lowest BCUT2D eigenvalue weighted by Crippen LogP contribution is -2.26. The maximum Gasteiger partial charge on any atom is 0.0470 e. The van der Waals surface area contributed by atoms with Crippen LogP contribution < -0.4 is 27.6 Å². The zero-order valence-corrected chi connectivity index (χ0v) is 32.1. The Balaban J connectivity index is 0.000000270. The number of anilines is 1. The highest BCUT2D eigenvalue weighted by atomic mass is 15.2. The largest absolute Gasteiger partial charge is 0.355 e. The molecule has 53 heavy (non-hydrogen) atoms. The van der Waals surface area contributed by atoms with Gasteiger partial charge in [-0.3, -0.25) is 11.3 Å². The summed E-state index contributed by atoms with van der Waals surface area (Å²) in [6, 6.07) is 18.0. The summed E-state index contributed by atoms with van der Waals surface area (Å²) in [5, 5.41) is 7.15. The molecule has 5 nitrogen and oxygen atoms in total. The molecule has 0 saturated heterocycles. The molecule has 0 bridgehead atoms. The van der Waals surface area contributed by atoms with Gasteiger partial charge in [0.05, 0.1) is 0 Å². The van der Waals surface area contributed by atoms with E-state index in [2.05, 4.69) is 157 Å². The number of nitrogens with two attached hydrogens (primary N) is 2. The Labute approximate surface area is 319 Å². The van der Waals surface area contributed by atoms with E-state index in [1.165, 1.54) is 51.1 Å². The third kappa shape index (κ3) is 13.9. The number of benzene rings is 2. The lowest BCUT2D eigenvalue weighted by Gasteiger charge is -2.25. The fourth-order valence-electron chi connectivity index (χ4n) is 6.43. The molecule has 0 amide bonds. The molecule has 0 fully saturated rings. The molecule has 5 heteroatoms. The first-order valence-corrected chi connectivity index (χ1v) is 19.3. The number of hydrogen-bond acceptors (Lipinski definition) is 5. The van der Waals surface area contributed by atoms with Crippen LogP contribution in [0, 0.1) is 5.92 Å². The predicted octanol–water partition coefficient (Wildman–Crippen LogP) is 10.6. The minimum absolute atomic E-state index is 0.435. The van der Waals surface area contributed by atoms with Crippen molar-refractivity contribution in [2.24, 2.45) is 17.5 Å². The van der Waals surface area contributed by atoms with Crippen molar-refractivity contribution < 1.29 is 0 Å². The highest BCUT2D eigenvalue weighted by molar-refractivity contribution is 5.85. The quantitative estimate of drug-likeness (QED) is 0.0912. The molecule has 2 unspecified atom stereocenters. The van der Waals surface area contributed by atoms with Crippen molar-refractivity contribution >= 4 is 11.3 Å². The summed E-state index contributed by atoms with van der Waals surface area (Å²) < 4.78 is 0. The first kappa shape index (κ1) is 41.0. The Kier molecular flexibility index (Phi) is 18.3. The average Bonchev–Trinajstić information content (AvgIpc) is 3.66. The maximum atomic E-state index is 5.42. The molecule has 2 atom stereocenters. The van der Waals surface area contributed by atoms with Crippen LogP contribution in [0.15, 0.2) is 174 Å². The van der Waals surface area contributed by atoms with Crippen molar-refractivity contribution in [1.82, 2.24) is 10.7 Å². The molecule has 278 valence electrons. The van der Waals surface area contributed by atoms with Gasteiger partial charge in [-0.2, -0.15) is 0 Å². The van der Waals surface area contributed by atoms with E-state index in [0.717, 1.165) is 50.8 Å². The van der Waals surface area contributed by atoms with Crippen LogP contribution in [0.1, 0.15) is 64.4 Å². The Morgan fingerprint density at radius 1 is 0.925 bits per heavy atom. The van der Waals surface area contributed by atoms with Crippen LogP contribution in [-0.4, -0.2) is 26.2 Å². The summed E-state index contributed by atoms with van der Waals surface area (Å²) in [6.45, 7) is 5.50. The van der Waals surface area contributed by atoms with Crippen molar-refractivity contribution in [3.05, 3.63) is 180 Å². The summed E-state index contributed by atoms with van der Waals surface area (Å²) in [4.78, 5) is 0. The zero-order valence-electron chi connectivity index (χ0n) is 32.1. The molecule has 0 spiro atoms. The topological polar surface area (TPSA) is 88.1 Å². The standard InChI is InChI=1S/C32H34N2.C8H16N2.C8H11N/c1-33-30-18-10-15-27(22-30)25-13-9-14-26(21-25)28-19-20-31(24-11-5-4-6-12-24)32(23-28)34-29-16-7-2-3-8-17-29;1-3-5-6-8(4-2)7-10-9;9-7-8-5-3-1-2-4-6-8/h4-7,9-12,14-21,23,25,30,33-34H,2-3,8,13,22H2,1H3;4-6,10H,3,7,9H2,1-2H3;1,3-6H,2,7,9H2/b;6-5-,8-4+;. The molecule has 0 radical (unpaired) electrons. The number of likely N-dealkylation sites (N-methyl/N-ethyl adjacent to an activating group) is 1. The van der Waals surface area contributed by atoms with E-state index < -0.39 is 0 Å². The van der Waals surface area contributed by atoms with Gasteiger partial charge in [0.15, 0.2) is 0 Å². The monoisotopic (exact) mass is 707 g/mol. The van der Waals surface area contributed by atoms with Crippen LogP contribution in [0.2, 0.25) is 0 Å². The number of hydrazine groups is 1. The Morgan fingerprint density at radius 2 is 1.79 bits per heavy atom. The van der Waals surface area contributed by atoms with Crippen molar-refractivity contribution in [2.45, 2.75) is 64.8 Å². The van der Waals surface area contributed by atoms with Gasteiger partial charge in [0.1, 0.15) is 0 Å². The van der Waals surface area contributed by atoms with Crippen molar-refractivity contribution in [3.63, 3.8) is 0 Å². The van der Waals surface area contributed by atoms with Crippen LogP contribution in [0.25, 0.3) is 16.7 Å². The summed E-state index contributed by atoms with van der Waals surface area (Å²) in [7, 11) is 2.04. The van der Waals surface area contributed by atoms with E-state index in [9.17, 15) is 0 Å². The predicted molar refractivity (Wildman–Crippen MR) is 232 cm³/mol. The fourth-order valence-corrected chi connectivity index (χ4v) is 6.43. The number of hydrogen-bond donors (Lipinski definition) is 5. The molecule has 2 aromatic carbocycles. The first-order chi connectivity index (χ1) is 26.1. The van der Waals surface area contributed by atoms with Crippen LogP contribution in [0.3, 0.4) is 0 Å². The van der Waals surface area contributed by atoms with E-state index in [1.807, 2.05) is 32.2 Å². The van der Waals surface area contributed by atoms with Gasteiger partial charge in [-0.1, -0.05) is 152 Å². The summed E-state index contributed by atoms with van der Waals surface area (Å²) in [6.07, 6.45) is 45.0. The van der Waals surface area contributed by atoms with Gasteiger partial charge < -0.3 is 16.4 Å². The van der Waals surface area contributed by atoms with E-state index in [-0.39, 0.29) is 0 Å². The van der Waals surface area contributed by atoms with Crippen LogP contribution in [-0.2, 0) is 0 Å². The molecule has 0 heterocycles. The van der Waals surface area contributed by atoms with Crippen molar-refractivity contribution in [1.29, 1.82) is 0 Å². The van der Waals surface area contributed by atoms with E-state index >= 15 is 0 Å². The number of nitrogens with one attached hydrogen (secondary N) is 3.